The van der Waals surface area contributed by atoms with Crippen LogP contribution in [-0.2, 0) is 4.74 Å². The Balaban J connectivity index is 2.20. The number of para-hydroxylation sites is 1. The van der Waals surface area contributed by atoms with Gasteiger partial charge in [0.05, 0.1) is 18.4 Å². The predicted octanol–water partition coefficient (Wildman–Crippen LogP) is 2.83. The third kappa shape index (κ3) is 3.92. The highest BCUT2D eigenvalue weighted by Gasteiger charge is 2.11. The lowest BCUT2D eigenvalue weighted by Gasteiger charge is -2.11. The topological polar surface area (TPSA) is 76.1 Å². The van der Waals surface area contributed by atoms with Crippen LogP contribution in [0.4, 0.5) is 17.3 Å². The normalized spacial score (nSPS) is 10.0. The highest BCUT2D eigenvalue weighted by Crippen LogP contribution is 2.21. The molecular weight excluding hydrogens is 268 g/mol. The minimum absolute atomic E-state index is 0.392. The monoisotopic (exact) mass is 286 g/mol. The van der Waals surface area contributed by atoms with Gasteiger partial charge in [-0.25, -0.2) is 14.8 Å². The quantitative estimate of drug-likeness (QED) is 0.795. The van der Waals surface area contributed by atoms with E-state index in [0.717, 1.165) is 18.8 Å². The number of nitrogens with one attached hydrogen (secondary N) is 2. The number of carbonyl (C=O) groups excluding carboxylic acids is 1. The Morgan fingerprint density at radius 3 is 2.76 bits per heavy atom. The van der Waals surface area contributed by atoms with E-state index in [0.29, 0.717) is 17.1 Å². The number of nitrogens with zero attached hydrogens (tertiary/aromatic N) is 2. The SMILES string of the molecule is CCCNc1cc(Nc2ccccc2C(=O)OC)ncn1. The molecule has 1 aromatic heterocycles. The molecule has 0 bridgehead atoms. The first-order chi connectivity index (χ1) is 10.2. The Morgan fingerprint density at radius 1 is 1.24 bits per heavy atom. The van der Waals surface area contributed by atoms with Gasteiger partial charge in [-0.3, -0.25) is 0 Å². The van der Waals surface area contributed by atoms with E-state index in [9.17, 15) is 4.79 Å². The largest absolute Gasteiger partial charge is 0.465 e. The number of anilines is 3. The molecule has 2 aromatic rings. The molecular formula is C15H18N4O2. The van der Waals surface area contributed by atoms with Crippen molar-refractivity contribution in [2.75, 3.05) is 24.3 Å². The third-order valence-corrected chi connectivity index (χ3v) is 2.82. The van der Waals surface area contributed by atoms with Crippen molar-refractivity contribution in [3.05, 3.63) is 42.2 Å². The summed E-state index contributed by atoms with van der Waals surface area (Å²) in [7, 11) is 1.36. The second-order valence-electron chi connectivity index (χ2n) is 4.38. The van der Waals surface area contributed by atoms with Gasteiger partial charge in [0.25, 0.3) is 0 Å². The summed E-state index contributed by atoms with van der Waals surface area (Å²) in [5, 5.41) is 6.30. The van der Waals surface area contributed by atoms with Crippen LogP contribution in [0.15, 0.2) is 36.7 Å². The van der Waals surface area contributed by atoms with Crippen LogP contribution in [0, 0.1) is 0 Å². The fraction of sp³-hybridized carbons (Fsp3) is 0.267. The lowest BCUT2D eigenvalue weighted by molar-refractivity contribution is 0.0602. The van der Waals surface area contributed by atoms with Gasteiger partial charge < -0.3 is 15.4 Å². The molecule has 21 heavy (non-hydrogen) atoms. The highest BCUT2D eigenvalue weighted by atomic mass is 16.5. The predicted molar refractivity (Wildman–Crippen MR) is 81.9 cm³/mol. The molecule has 0 unspecified atom stereocenters. The molecule has 0 aliphatic rings. The van der Waals surface area contributed by atoms with Crippen molar-refractivity contribution in [1.82, 2.24) is 9.97 Å². The molecule has 0 spiro atoms. The zero-order valence-electron chi connectivity index (χ0n) is 12.1. The summed E-state index contributed by atoms with van der Waals surface area (Å²) in [6, 6.07) is 8.92. The lowest BCUT2D eigenvalue weighted by atomic mass is 10.2. The van der Waals surface area contributed by atoms with Gasteiger partial charge >= 0.3 is 5.97 Å². The van der Waals surface area contributed by atoms with Gasteiger partial charge in [-0.15, -0.1) is 0 Å². The number of carbonyl (C=O) groups is 1. The molecule has 6 heteroatoms. The standard InChI is InChI=1S/C15H18N4O2/c1-3-8-16-13-9-14(18-10-17-13)19-12-7-5-4-6-11(12)15(20)21-2/h4-7,9-10H,3,8H2,1-2H3,(H2,16,17,18,19). The average Bonchev–Trinajstić information content (AvgIpc) is 2.53. The number of hydrogen-bond donors (Lipinski definition) is 2. The van der Waals surface area contributed by atoms with Crippen molar-refractivity contribution >= 4 is 23.3 Å². The number of aromatic nitrogens is 2. The smallest absolute Gasteiger partial charge is 0.339 e. The molecule has 0 saturated carbocycles. The third-order valence-electron chi connectivity index (χ3n) is 2.82. The minimum atomic E-state index is -0.392. The second kappa shape index (κ2) is 7.23. The number of esters is 1. The van der Waals surface area contributed by atoms with Gasteiger partial charge in [0.1, 0.15) is 18.0 Å². The summed E-state index contributed by atoms with van der Waals surface area (Å²) >= 11 is 0. The summed E-state index contributed by atoms with van der Waals surface area (Å²) in [4.78, 5) is 20.0. The Morgan fingerprint density at radius 2 is 2.00 bits per heavy atom. The first kappa shape index (κ1) is 14.8. The van der Waals surface area contributed by atoms with Crippen LogP contribution >= 0.6 is 0 Å². The summed E-state index contributed by atoms with van der Waals surface area (Å²) < 4.78 is 4.77. The van der Waals surface area contributed by atoms with E-state index < -0.39 is 5.97 Å². The van der Waals surface area contributed by atoms with Gasteiger partial charge in [-0.2, -0.15) is 0 Å². The van der Waals surface area contributed by atoms with Crippen LogP contribution in [0.1, 0.15) is 23.7 Å². The number of methoxy groups -OCH3 is 1. The van der Waals surface area contributed by atoms with E-state index in [1.807, 2.05) is 6.07 Å². The fourth-order valence-corrected chi connectivity index (χ4v) is 1.79. The first-order valence-electron chi connectivity index (χ1n) is 6.75. The zero-order valence-corrected chi connectivity index (χ0v) is 12.1. The number of benzene rings is 1. The Kier molecular flexibility index (Phi) is 5.09. The van der Waals surface area contributed by atoms with Gasteiger partial charge in [0, 0.05) is 12.6 Å². The summed E-state index contributed by atoms with van der Waals surface area (Å²) in [6.45, 7) is 2.93. The van der Waals surface area contributed by atoms with E-state index >= 15 is 0 Å². The zero-order chi connectivity index (χ0) is 15.1. The maximum atomic E-state index is 11.7. The van der Waals surface area contributed by atoms with Gasteiger partial charge in [0.2, 0.25) is 0 Å². The number of rotatable bonds is 6. The van der Waals surface area contributed by atoms with Crippen molar-refractivity contribution in [3.8, 4) is 0 Å². The second-order valence-corrected chi connectivity index (χ2v) is 4.38. The van der Waals surface area contributed by atoms with Crippen LogP contribution < -0.4 is 10.6 Å². The summed E-state index contributed by atoms with van der Waals surface area (Å²) in [5.74, 6) is 0.960. The molecule has 0 amide bonds. The molecule has 0 aliphatic heterocycles. The molecule has 1 aromatic carbocycles. The van der Waals surface area contributed by atoms with Crippen molar-refractivity contribution in [1.29, 1.82) is 0 Å². The van der Waals surface area contributed by atoms with Crippen molar-refractivity contribution < 1.29 is 9.53 Å². The first-order valence-corrected chi connectivity index (χ1v) is 6.75. The van der Waals surface area contributed by atoms with Crippen LogP contribution in [0.25, 0.3) is 0 Å². The molecule has 2 rings (SSSR count). The van der Waals surface area contributed by atoms with Gasteiger partial charge in [-0.05, 0) is 18.6 Å². The highest BCUT2D eigenvalue weighted by molar-refractivity contribution is 5.96. The molecule has 0 fully saturated rings. The molecule has 0 radical (unpaired) electrons. The summed E-state index contributed by atoms with van der Waals surface area (Å²) in [5.41, 5.74) is 1.10. The van der Waals surface area contributed by atoms with Crippen LogP contribution in [-0.4, -0.2) is 29.6 Å². The van der Waals surface area contributed by atoms with E-state index in [4.69, 9.17) is 4.74 Å². The number of hydrogen-bond acceptors (Lipinski definition) is 6. The summed E-state index contributed by atoms with van der Waals surface area (Å²) in [6.07, 6.45) is 2.49. The molecule has 6 nitrogen and oxygen atoms in total. The van der Waals surface area contributed by atoms with Crippen molar-refractivity contribution in [3.63, 3.8) is 0 Å². The Hall–Kier alpha value is -2.63. The minimum Gasteiger partial charge on any atom is -0.465 e. The van der Waals surface area contributed by atoms with Gasteiger partial charge in [-0.1, -0.05) is 19.1 Å². The maximum Gasteiger partial charge on any atom is 0.339 e. The number of ether oxygens (including phenoxy) is 1. The average molecular weight is 286 g/mol. The maximum absolute atomic E-state index is 11.7. The molecule has 1 heterocycles. The molecule has 110 valence electrons. The Labute approximate surface area is 123 Å². The van der Waals surface area contributed by atoms with Crippen LogP contribution in [0.5, 0.6) is 0 Å². The molecule has 0 saturated heterocycles. The van der Waals surface area contributed by atoms with E-state index in [2.05, 4.69) is 27.5 Å². The Bertz CT molecular complexity index is 616. The van der Waals surface area contributed by atoms with E-state index in [1.165, 1.54) is 13.4 Å². The lowest BCUT2D eigenvalue weighted by Crippen LogP contribution is -2.07. The van der Waals surface area contributed by atoms with Gasteiger partial charge in [0.15, 0.2) is 0 Å². The van der Waals surface area contributed by atoms with Crippen LogP contribution in [0.2, 0.25) is 0 Å². The van der Waals surface area contributed by atoms with E-state index in [-0.39, 0.29) is 0 Å². The van der Waals surface area contributed by atoms with Crippen LogP contribution in [0.3, 0.4) is 0 Å². The van der Waals surface area contributed by atoms with Crippen molar-refractivity contribution in [2.24, 2.45) is 0 Å². The molecule has 0 atom stereocenters. The molecule has 2 N–H and O–H groups in total. The van der Waals surface area contributed by atoms with Crippen molar-refractivity contribution in [2.45, 2.75) is 13.3 Å². The molecule has 0 aliphatic carbocycles. The van der Waals surface area contributed by atoms with E-state index in [1.54, 1.807) is 24.3 Å². The fourth-order valence-electron chi connectivity index (χ4n) is 1.79.